The average molecular weight is 199 g/mol. The van der Waals surface area contributed by atoms with Gasteiger partial charge in [-0.05, 0) is 39.8 Å². The summed E-state index contributed by atoms with van der Waals surface area (Å²) in [4.78, 5) is 13.6. The zero-order chi connectivity index (χ0) is 10.4. The number of carbonyl (C=O) groups excluding carboxylic acids is 1. The number of hydrogen-bond acceptors (Lipinski definition) is 2. The van der Waals surface area contributed by atoms with E-state index >= 15 is 0 Å². The lowest BCUT2D eigenvalue weighted by atomic mass is 10.3. The van der Waals surface area contributed by atoms with Crippen LogP contribution in [-0.2, 0) is 0 Å². The highest BCUT2D eigenvalue weighted by atomic mass is 16.2. The van der Waals surface area contributed by atoms with Gasteiger partial charge in [0.1, 0.15) is 0 Å². The molecule has 0 bridgehead atoms. The Morgan fingerprint density at radius 1 is 1.43 bits per heavy atom. The van der Waals surface area contributed by atoms with Crippen molar-refractivity contribution < 1.29 is 4.79 Å². The molecular formula is C10H21N3O. The lowest BCUT2D eigenvalue weighted by Gasteiger charge is -2.21. The number of nitrogens with one attached hydrogen (secondary N) is 2. The van der Waals surface area contributed by atoms with Gasteiger partial charge >= 0.3 is 6.03 Å². The second-order valence-corrected chi connectivity index (χ2v) is 3.91. The van der Waals surface area contributed by atoms with E-state index in [4.69, 9.17) is 0 Å². The Balaban J connectivity index is 2.14. The smallest absolute Gasteiger partial charge is 0.315 e. The number of amides is 2. The third-order valence-electron chi connectivity index (χ3n) is 2.45. The van der Waals surface area contributed by atoms with E-state index in [0.717, 1.165) is 6.54 Å². The van der Waals surface area contributed by atoms with E-state index in [1.807, 2.05) is 13.8 Å². The van der Waals surface area contributed by atoms with Gasteiger partial charge in [-0.3, -0.25) is 0 Å². The summed E-state index contributed by atoms with van der Waals surface area (Å²) in [6.07, 6.45) is 2.60. The molecule has 0 radical (unpaired) electrons. The van der Waals surface area contributed by atoms with Gasteiger partial charge in [-0.15, -0.1) is 0 Å². The summed E-state index contributed by atoms with van der Waals surface area (Å²) in [7, 11) is 0. The monoisotopic (exact) mass is 199 g/mol. The molecule has 0 aromatic heterocycles. The van der Waals surface area contributed by atoms with Crippen LogP contribution in [0.4, 0.5) is 4.79 Å². The molecule has 0 saturated carbocycles. The van der Waals surface area contributed by atoms with Crippen LogP contribution in [0.1, 0.15) is 26.7 Å². The topological polar surface area (TPSA) is 44.4 Å². The second-order valence-electron chi connectivity index (χ2n) is 3.91. The van der Waals surface area contributed by atoms with E-state index in [1.165, 1.54) is 25.9 Å². The Morgan fingerprint density at radius 2 is 2.07 bits per heavy atom. The maximum atomic E-state index is 11.2. The molecule has 1 unspecified atom stereocenters. The summed E-state index contributed by atoms with van der Waals surface area (Å²) >= 11 is 0. The van der Waals surface area contributed by atoms with Crippen molar-refractivity contribution in [2.45, 2.75) is 32.7 Å². The Morgan fingerprint density at radius 3 is 2.64 bits per heavy atom. The minimum Gasteiger partial charge on any atom is -0.338 e. The highest BCUT2D eigenvalue weighted by molar-refractivity contribution is 5.74. The molecule has 1 rings (SSSR count). The lowest BCUT2D eigenvalue weighted by molar-refractivity contribution is 0.232. The second kappa shape index (κ2) is 5.86. The largest absolute Gasteiger partial charge is 0.338 e. The van der Waals surface area contributed by atoms with Gasteiger partial charge < -0.3 is 15.5 Å². The number of nitrogens with zero attached hydrogens (tertiary/aromatic N) is 1. The number of carbonyl (C=O) groups is 1. The predicted molar refractivity (Wildman–Crippen MR) is 57.3 cm³/mol. The summed E-state index contributed by atoms with van der Waals surface area (Å²) < 4.78 is 0. The average Bonchev–Trinajstić information content (AvgIpc) is 2.56. The number of rotatable bonds is 4. The summed E-state index contributed by atoms with van der Waals surface area (Å²) in [5, 5.41) is 5.65. The van der Waals surface area contributed by atoms with Crippen molar-refractivity contribution >= 4 is 6.03 Å². The molecule has 1 atom stereocenters. The molecule has 0 spiro atoms. The molecule has 1 aliphatic rings. The standard InChI is InChI=1S/C10H21N3O/c1-3-11-10(14)12-9(2)8-13-6-4-5-7-13/h9H,3-8H2,1-2H3,(H2,11,12,14). The molecular weight excluding hydrogens is 178 g/mol. The molecule has 4 heteroatoms. The third kappa shape index (κ3) is 3.96. The summed E-state index contributed by atoms with van der Waals surface area (Å²) in [6, 6.07) is 0.179. The van der Waals surface area contributed by atoms with Gasteiger partial charge in [-0.2, -0.15) is 0 Å². The number of hydrogen-bond donors (Lipinski definition) is 2. The van der Waals surface area contributed by atoms with Gasteiger partial charge in [0.05, 0.1) is 0 Å². The van der Waals surface area contributed by atoms with Gasteiger partial charge in [0, 0.05) is 19.1 Å². The van der Waals surface area contributed by atoms with Crippen molar-refractivity contribution in [1.82, 2.24) is 15.5 Å². The predicted octanol–water partition coefficient (Wildman–Crippen LogP) is 0.790. The van der Waals surface area contributed by atoms with E-state index in [2.05, 4.69) is 15.5 Å². The fourth-order valence-corrected chi connectivity index (χ4v) is 1.83. The van der Waals surface area contributed by atoms with E-state index in [0.29, 0.717) is 6.54 Å². The lowest BCUT2D eigenvalue weighted by Crippen LogP contribution is -2.45. The maximum Gasteiger partial charge on any atom is 0.315 e. The molecule has 0 aromatic carbocycles. The van der Waals surface area contributed by atoms with Crippen LogP contribution in [0.15, 0.2) is 0 Å². The van der Waals surface area contributed by atoms with Crippen LogP contribution in [0.5, 0.6) is 0 Å². The van der Waals surface area contributed by atoms with Crippen LogP contribution in [0, 0.1) is 0 Å². The molecule has 1 fully saturated rings. The Hall–Kier alpha value is -0.770. The highest BCUT2D eigenvalue weighted by Crippen LogP contribution is 2.07. The normalized spacial score (nSPS) is 19.3. The fourth-order valence-electron chi connectivity index (χ4n) is 1.83. The molecule has 4 nitrogen and oxygen atoms in total. The van der Waals surface area contributed by atoms with Crippen molar-refractivity contribution in [1.29, 1.82) is 0 Å². The van der Waals surface area contributed by atoms with Crippen molar-refractivity contribution in [2.75, 3.05) is 26.2 Å². The molecule has 0 aliphatic carbocycles. The molecule has 1 heterocycles. The Bertz CT molecular complexity index is 178. The Kier molecular flexibility index (Phi) is 4.73. The van der Waals surface area contributed by atoms with Crippen LogP contribution in [-0.4, -0.2) is 43.2 Å². The molecule has 14 heavy (non-hydrogen) atoms. The summed E-state index contributed by atoms with van der Waals surface area (Å²) in [5.41, 5.74) is 0. The minimum atomic E-state index is -0.0563. The SMILES string of the molecule is CCNC(=O)NC(C)CN1CCCC1. The van der Waals surface area contributed by atoms with Crippen LogP contribution in [0.3, 0.4) is 0 Å². The van der Waals surface area contributed by atoms with Crippen LogP contribution in [0.25, 0.3) is 0 Å². The zero-order valence-corrected chi connectivity index (χ0v) is 9.18. The first-order valence-electron chi connectivity index (χ1n) is 5.49. The summed E-state index contributed by atoms with van der Waals surface area (Å²) in [6.45, 7) is 7.99. The molecule has 2 N–H and O–H groups in total. The molecule has 1 aliphatic heterocycles. The Labute approximate surface area is 86.0 Å². The fraction of sp³-hybridized carbons (Fsp3) is 0.900. The molecule has 0 aromatic rings. The van der Waals surface area contributed by atoms with Crippen molar-refractivity contribution in [3.8, 4) is 0 Å². The van der Waals surface area contributed by atoms with Crippen molar-refractivity contribution in [3.63, 3.8) is 0 Å². The van der Waals surface area contributed by atoms with E-state index in [9.17, 15) is 4.79 Å². The zero-order valence-electron chi connectivity index (χ0n) is 9.18. The van der Waals surface area contributed by atoms with E-state index in [-0.39, 0.29) is 12.1 Å². The molecule has 82 valence electrons. The molecule has 1 saturated heterocycles. The summed E-state index contributed by atoms with van der Waals surface area (Å²) in [5.74, 6) is 0. The van der Waals surface area contributed by atoms with Crippen LogP contribution >= 0.6 is 0 Å². The maximum absolute atomic E-state index is 11.2. The van der Waals surface area contributed by atoms with E-state index < -0.39 is 0 Å². The highest BCUT2D eigenvalue weighted by Gasteiger charge is 2.15. The third-order valence-corrected chi connectivity index (χ3v) is 2.45. The van der Waals surface area contributed by atoms with Gasteiger partial charge in [-0.1, -0.05) is 0 Å². The first-order valence-corrected chi connectivity index (χ1v) is 5.49. The van der Waals surface area contributed by atoms with Gasteiger partial charge in [0.15, 0.2) is 0 Å². The van der Waals surface area contributed by atoms with Gasteiger partial charge in [0.2, 0.25) is 0 Å². The van der Waals surface area contributed by atoms with Crippen LogP contribution in [0.2, 0.25) is 0 Å². The first-order chi connectivity index (χ1) is 6.72. The molecule has 2 amide bonds. The van der Waals surface area contributed by atoms with Gasteiger partial charge in [-0.25, -0.2) is 4.79 Å². The minimum absolute atomic E-state index is 0.0563. The number of urea groups is 1. The van der Waals surface area contributed by atoms with Gasteiger partial charge in [0.25, 0.3) is 0 Å². The number of likely N-dealkylation sites (tertiary alicyclic amines) is 1. The van der Waals surface area contributed by atoms with Crippen LogP contribution < -0.4 is 10.6 Å². The van der Waals surface area contributed by atoms with E-state index in [1.54, 1.807) is 0 Å². The van der Waals surface area contributed by atoms with Crippen molar-refractivity contribution in [3.05, 3.63) is 0 Å². The van der Waals surface area contributed by atoms with Crippen molar-refractivity contribution in [2.24, 2.45) is 0 Å². The quantitative estimate of drug-likeness (QED) is 0.703. The first kappa shape index (κ1) is 11.3.